The Morgan fingerprint density at radius 2 is 1.28 bits per heavy atom. The largest absolute Gasteiger partial charge is 0.481 e. The van der Waals surface area contributed by atoms with Gasteiger partial charge >= 0.3 is 5.97 Å². The van der Waals surface area contributed by atoms with Crippen LogP contribution < -0.4 is 10.4 Å². The Balaban J connectivity index is 2.63. The minimum Gasteiger partial charge on any atom is -0.481 e. The van der Waals surface area contributed by atoms with E-state index in [1.54, 1.807) is 13.8 Å². The van der Waals surface area contributed by atoms with E-state index < -0.39 is 19.7 Å². The molecule has 0 radical (unpaired) electrons. The Bertz CT molecular complexity index is 663. The van der Waals surface area contributed by atoms with Crippen LogP contribution in [0, 0.1) is 5.41 Å². The standard InChI is InChI=1S/C21H28O3Si/c1-20(2,3)25(17-12-8-6-9-13-17,18-14-10-7-11-15-18)24-16-21(4,5)19(22)23/h6-15H,16H2,1-5H3,(H,22,23). The first-order valence-electron chi connectivity index (χ1n) is 8.60. The van der Waals surface area contributed by atoms with E-state index in [4.69, 9.17) is 4.43 Å². The van der Waals surface area contributed by atoms with Crippen LogP contribution >= 0.6 is 0 Å². The fraction of sp³-hybridized carbons (Fsp3) is 0.381. The molecule has 1 N–H and O–H groups in total. The second-order valence-corrected chi connectivity index (χ2v) is 12.4. The van der Waals surface area contributed by atoms with Gasteiger partial charge in [-0.05, 0) is 29.3 Å². The Hall–Kier alpha value is -1.91. The molecule has 0 bridgehead atoms. The lowest BCUT2D eigenvalue weighted by atomic mass is 9.96. The molecule has 0 aliphatic heterocycles. The Morgan fingerprint density at radius 3 is 1.60 bits per heavy atom. The number of aliphatic carboxylic acids is 1. The number of hydrogen-bond donors (Lipinski definition) is 1. The second-order valence-electron chi connectivity index (χ2n) is 8.14. The number of carbonyl (C=O) groups is 1. The SMILES string of the molecule is CC(C)(CO[Si](c1ccccc1)(c1ccccc1)C(C)(C)C)C(=O)O. The van der Waals surface area contributed by atoms with Gasteiger partial charge in [0.15, 0.2) is 0 Å². The summed E-state index contributed by atoms with van der Waals surface area (Å²) in [6.07, 6.45) is 0. The third kappa shape index (κ3) is 3.85. The van der Waals surface area contributed by atoms with Crippen molar-refractivity contribution in [2.45, 2.75) is 39.7 Å². The number of rotatable bonds is 6. The van der Waals surface area contributed by atoms with Crippen molar-refractivity contribution in [3.63, 3.8) is 0 Å². The van der Waals surface area contributed by atoms with Crippen molar-refractivity contribution < 1.29 is 14.3 Å². The fourth-order valence-corrected chi connectivity index (χ4v) is 7.84. The zero-order valence-electron chi connectivity index (χ0n) is 15.7. The Labute approximate surface area is 151 Å². The zero-order valence-corrected chi connectivity index (χ0v) is 16.7. The molecule has 0 fully saturated rings. The molecule has 2 aromatic rings. The summed E-state index contributed by atoms with van der Waals surface area (Å²) in [6, 6.07) is 20.5. The molecule has 0 aliphatic rings. The van der Waals surface area contributed by atoms with Crippen LogP contribution in [0.1, 0.15) is 34.6 Å². The van der Waals surface area contributed by atoms with Gasteiger partial charge in [0.2, 0.25) is 0 Å². The number of benzene rings is 2. The van der Waals surface area contributed by atoms with E-state index >= 15 is 0 Å². The van der Waals surface area contributed by atoms with E-state index in [9.17, 15) is 9.90 Å². The average Bonchev–Trinajstić information content (AvgIpc) is 2.56. The van der Waals surface area contributed by atoms with Crippen molar-refractivity contribution in [1.29, 1.82) is 0 Å². The molecule has 0 saturated carbocycles. The average molecular weight is 357 g/mol. The van der Waals surface area contributed by atoms with E-state index in [0.29, 0.717) is 0 Å². The predicted molar refractivity (Wildman–Crippen MR) is 105 cm³/mol. The molecule has 0 spiro atoms. The summed E-state index contributed by atoms with van der Waals surface area (Å²) in [5, 5.41) is 11.7. The molecular weight excluding hydrogens is 328 g/mol. The summed E-state index contributed by atoms with van der Waals surface area (Å²) in [7, 11) is -2.67. The van der Waals surface area contributed by atoms with Gasteiger partial charge in [-0.25, -0.2) is 0 Å². The van der Waals surface area contributed by atoms with Crippen LogP contribution in [0.5, 0.6) is 0 Å². The smallest absolute Gasteiger partial charge is 0.311 e. The molecule has 2 aromatic carbocycles. The molecule has 0 unspecified atom stereocenters. The Morgan fingerprint density at radius 1 is 0.880 bits per heavy atom. The van der Waals surface area contributed by atoms with Gasteiger partial charge in [0.25, 0.3) is 8.32 Å². The summed E-state index contributed by atoms with van der Waals surface area (Å²) in [4.78, 5) is 11.6. The highest BCUT2D eigenvalue weighted by atomic mass is 28.4. The van der Waals surface area contributed by atoms with Crippen molar-refractivity contribution in [1.82, 2.24) is 0 Å². The lowest BCUT2D eigenvalue weighted by Gasteiger charge is -2.44. The van der Waals surface area contributed by atoms with Crippen molar-refractivity contribution >= 4 is 24.7 Å². The topological polar surface area (TPSA) is 46.5 Å². The van der Waals surface area contributed by atoms with Crippen molar-refractivity contribution in [3.8, 4) is 0 Å². The number of carboxylic acids is 1. The Kier molecular flexibility index (Phi) is 5.54. The molecule has 134 valence electrons. The van der Waals surface area contributed by atoms with E-state index in [1.165, 1.54) is 0 Å². The molecule has 0 atom stereocenters. The lowest BCUT2D eigenvalue weighted by Crippen LogP contribution is -2.67. The summed E-state index contributed by atoms with van der Waals surface area (Å²) in [5.74, 6) is -0.842. The first kappa shape index (κ1) is 19.4. The van der Waals surface area contributed by atoms with Crippen LogP contribution in [0.4, 0.5) is 0 Å². The van der Waals surface area contributed by atoms with Gasteiger partial charge < -0.3 is 9.53 Å². The normalized spacial score (nSPS) is 12.8. The predicted octanol–water partition coefficient (Wildman–Crippen LogP) is 3.67. The van der Waals surface area contributed by atoms with Crippen molar-refractivity contribution in [2.24, 2.45) is 5.41 Å². The molecule has 0 saturated heterocycles. The van der Waals surface area contributed by atoms with Gasteiger partial charge in [-0.3, -0.25) is 4.79 Å². The van der Waals surface area contributed by atoms with Gasteiger partial charge in [-0.1, -0.05) is 81.4 Å². The highest BCUT2D eigenvalue weighted by Crippen LogP contribution is 2.37. The molecule has 0 aromatic heterocycles. The second kappa shape index (κ2) is 7.14. The zero-order chi connectivity index (χ0) is 18.7. The van der Waals surface area contributed by atoms with Crippen LogP contribution in [0.3, 0.4) is 0 Å². The monoisotopic (exact) mass is 356 g/mol. The van der Waals surface area contributed by atoms with Crippen molar-refractivity contribution in [2.75, 3.05) is 6.61 Å². The van der Waals surface area contributed by atoms with Gasteiger partial charge in [0.05, 0.1) is 12.0 Å². The number of hydrogen-bond acceptors (Lipinski definition) is 2. The highest BCUT2D eigenvalue weighted by molar-refractivity contribution is 6.99. The molecule has 0 aliphatic carbocycles. The van der Waals surface area contributed by atoms with Crippen LogP contribution in [0.15, 0.2) is 60.7 Å². The van der Waals surface area contributed by atoms with Gasteiger partial charge in [0.1, 0.15) is 0 Å². The molecule has 0 amide bonds. The molecule has 25 heavy (non-hydrogen) atoms. The first-order chi connectivity index (χ1) is 11.6. The quantitative estimate of drug-likeness (QED) is 0.803. The van der Waals surface area contributed by atoms with Crippen molar-refractivity contribution in [3.05, 3.63) is 60.7 Å². The maximum atomic E-state index is 11.6. The van der Waals surface area contributed by atoms with Gasteiger partial charge in [0, 0.05) is 0 Å². The summed E-state index contributed by atoms with van der Waals surface area (Å²) < 4.78 is 6.65. The third-order valence-electron chi connectivity index (χ3n) is 4.65. The van der Waals surface area contributed by atoms with E-state index in [0.717, 1.165) is 10.4 Å². The lowest BCUT2D eigenvalue weighted by molar-refractivity contribution is -0.148. The molecule has 4 heteroatoms. The minimum absolute atomic E-state index is 0.149. The van der Waals surface area contributed by atoms with Crippen LogP contribution in [0.25, 0.3) is 0 Å². The minimum atomic E-state index is -2.67. The molecule has 0 heterocycles. The van der Waals surface area contributed by atoms with Crippen LogP contribution in [-0.4, -0.2) is 26.0 Å². The number of carboxylic acid groups (broad SMARTS) is 1. The van der Waals surface area contributed by atoms with Crippen LogP contribution in [0.2, 0.25) is 5.04 Å². The molecular formula is C21H28O3Si. The molecule has 2 rings (SSSR count). The maximum Gasteiger partial charge on any atom is 0.311 e. The van der Waals surface area contributed by atoms with E-state index in [-0.39, 0.29) is 11.6 Å². The third-order valence-corrected chi connectivity index (χ3v) is 9.63. The molecule has 3 nitrogen and oxygen atoms in total. The van der Waals surface area contributed by atoms with Gasteiger partial charge in [-0.15, -0.1) is 0 Å². The maximum absolute atomic E-state index is 11.6. The summed E-state index contributed by atoms with van der Waals surface area (Å²) >= 11 is 0. The van der Waals surface area contributed by atoms with E-state index in [2.05, 4.69) is 45.0 Å². The first-order valence-corrected chi connectivity index (χ1v) is 10.5. The summed E-state index contributed by atoms with van der Waals surface area (Å²) in [6.45, 7) is 10.2. The highest BCUT2D eigenvalue weighted by Gasteiger charge is 2.51. The van der Waals surface area contributed by atoms with E-state index in [1.807, 2.05) is 36.4 Å². The van der Waals surface area contributed by atoms with Gasteiger partial charge in [-0.2, -0.15) is 0 Å². The summed E-state index contributed by atoms with van der Waals surface area (Å²) in [5.41, 5.74) is -0.937. The van der Waals surface area contributed by atoms with Crippen LogP contribution in [-0.2, 0) is 9.22 Å². The fourth-order valence-electron chi connectivity index (χ4n) is 3.11.